The van der Waals surface area contributed by atoms with E-state index in [-0.39, 0.29) is 44.1 Å². The van der Waals surface area contributed by atoms with Crippen LogP contribution in [0.1, 0.15) is 77.0 Å². The SMILES string of the molecule is O=C1SC2C(CCC3CCCCC32)C(=O)C1=CC=CC=CC1=C([O-])C2CCC3CCCCC3C2SC1=O. The molecule has 4 nitrogen and oxygen atoms in total. The average Bonchev–Trinajstić information content (AvgIpc) is 2.91. The van der Waals surface area contributed by atoms with Crippen molar-refractivity contribution in [1.29, 1.82) is 0 Å². The standard InChI is InChI=1S/C31H38O4S2/c32-26-22-16-14-18-8-4-6-10-20(18)28(22)36-30(34)24(26)12-2-1-3-13-25-27(33)23-17-15-19-9-5-7-11-21(19)29(23)37-31(25)35/h1-3,12-13,18-23,28-29,32H,4-11,14-17H2/p-1. The Bertz CT molecular complexity index is 1080. The van der Waals surface area contributed by atoms with Crippen LogP contribution in [0.4, 0.5) is 0 Å². The summed E-state index contributed by atoms with van der Waals surface area (Å²) in [6.07, 6.45) is 22.2. The summed E-state index contributed by atoms with van der Waals surface area (Å²) in [6.45, 7) is 0. The Balaban J connectivity index is 1.12. The summed E-state index contributed by atoms with van der Waals surface area (Å²) in [5, 5.41) is 13.3. The van der Waals surface area contributed by atoms with Gasteiger partial charge in [-0.15, -0.1) is 5.76 Å². The lowest BCUT2D eigenvalue weighted by atomic mass is 9.65. The van der Waals surface area contributed by atoms with E-state index >= 15 is 0 Å². The van der Waals surface area contributed by atoms with Gasteiger partial charge in [0.05, 0.1) is 5.57 Å². The fourth-order valence-electron chi connectivity index (χ4n) is 8.31. The van der Waals surface area contributed by atoms with Crippen LogP contribution in [0.15, 0.2) is 47.3 Å². The highest BCUT2D eigenvalue weighted by Crippen LogP contribution is 2.53. The van der Waals surface area contributed by atoms with E-state index in [9.17, 15) is 19.5 Å². The predicted octanol–water partition coefficient (Wildman–Crippen LogP) is 5.93. The zero-order valence-corrected chi connectivity index (χ0v) is 23.1. The molecule has 0 amide bonds. The average molecular weight is 538 g/mol. The normalized spacial score (nSPS) is 41.6. The van der Waals surface area contributed by atoms with Crippen LogP contribution in [0.5, 0.6) is 0 Å². The second-order valence-corrected chi connectivity index (χ2v) is 14.3. The third-order valence-electron chi connectivity index (χ3n) is 10.1. The quantitative estimate of drug-likeness (QED) is 0.253. The predicted molar refractivity (Wildman–Crippen MR) is 148 cm³/mol. The minimum atomic E-state index is -0.0983. The van der Waals surface area contributed by atoms with Gasteiger partial charge in [0.15, 0.2) is 5.78 Å². The number of carbonyl (C=O) groups is 3. The minimum absolute atomic E-state index is 0.0131. The molecule has 0 spiro atoms. The molecule has 6 rings (SSSR count). The maximum absolute atomic E-state index is 13.2. The summed E-state index contributed by atoms with van der Waals surface area (Å²) in [5.74, 6) is 2.36. The number of carbonyl (C=O) groups excluding carboxylic acids is 3. The number of rotatable bonds is 3. The number of allylic oxidation sites excluding steroid dienone is 6. The first-order valence-corrected chi connectivity index (χ1v) is 16.2. The first kappa shape index (κ1) is 25.7. The lowest BCUT2D eigenvalue weighted by Gasteiger charge is -2.49. The molecule has 4 aliphatic carbocycles. The van der Waals surface area contributed by atoms with Crippen LogP contribution in [-0.2, 0) is 14.4 Å². The van der Waals surface area contributed by atoms with Gasteiger partial charge >= 0.3 is 0 Å². The van der Waals surface area contributed by atoms with Crippen LogP contribution in [0.25, 0.3) is 0 Å². The molecule has 0 aromatic heterocycles. The summed E-state index contributed by atoms with van der Waals surface area (Å²) in [5.41, 5.74) is 0.593. The first-order chi connectivity index (χ1) is 18.0. The van der Waals surface area contributed by atoms with Gasteiger partial charge < -0.3 is 5.11 Å². The Morgan fingerprint density at radius 1 is 0.649 bits per heavy atom. The van der Waals surface area contributed by atoms with Crippen LogP contribution >= 0.6 is 23.5 Å². The van der Waals surface area contributed by atoms with Gasteiger partial charge in [0.2, 0.25) is 10.2 Å². The third kappa shape index (κ3) is 4.86. The van der Waals surface area contributed by atoms with Crippen LogP contribution in [-0.4, -0.2) is 26.5 Å². The Labute approximate surface area is 228 Å². The molecule has 0 aromatic rings. The van der Waals surface area contributed by atoms with E-state index in [4.69, 9.17) is 0 Å². The second kappa shape index (κ2) is 10.9. The number of hydrogen-bond donors (Lipinski definition) is 0. The molecular weight excluding hydrogens is 500 g/mol. The molecule has 6 heteroatoms. The van der Waals surface area contributed by atoms with Crippen molar-refractivity contribution in [3.05, 3.63) is 47.3 Å². The van der Waals surface area contributed by atoms with Crippen molar-refractivity contribution in [3.63, 3.8) is 0 Å². The Morgan fingerprint density at radius 3 is 1.95 bits per heavy atom. The van der Waals surface area contributed by atoms with Gasteiger partial charge in [-0.3, -0.25) is 14.4 Å². The summed E-state index contributed by atoms with van der Waals surface area (Å²) in [7, 11) is 0. The molecule has 0 bridgehead atoms. The van der Waals surface area contributed by atoms with Gasteiger partial charge in [0, 0.05) is 22.0 Å². The van der Waals surface area contributed by atoms with Crippen LogP contribution in [0.3, 0.4) is 0 Å². The molecule has 0 N–H and O–H groups in total. The van der Waals surface area contributed by atoms with E-state index in [0.717, 1.165) is 38.5 Å². The molecule has 198 valence electrons. The van der Waals surface area contributed by atoms with E-state index in [2.05, 4.69) is 0 Å². The molecule has 0 aromatic carbocycles. The van der Waals surface area contributed by atoms with Gasteiger partial charge in [-0.2, -0.15) is 0 Å². The van der Waals surface area contributed by atoms with Gasteiger partial charge in [-0.1, -0.05) is 86.4 Å². The highest BCUT2D eigenvalue weighted by Gasteiger charge is 2.49. The van der Waals surface area contributed by atoms with Crippen molar-refractivity contribution in [1.82, 2.24) is 0 Å². The minimum Gasteiger partial charge on any atom is -0.875 e. The molecular formula is C31H37O4S2-. The van der Waals surface area contributed by atoms with Gasteiger partial charge in [-0.05, 0) is 74.2 Å². The molecule has 8 atom stereocenters. The Kier molecular flexibility index (Phi) is 7.59. The molecule has 2 heterocycles. The molecule has 2 aliphatic heterocycles. The van der Waals surface area contributed by atoms with E-state index in [1.807, 2.05) is 0 Å². The number of fused-ring (bicyclic) bond motifs is 6. The third-order valence-corrected chi connectivity index (χ3v) is 12.9. The van der Waals surface area contributed by atoms with Crippen molar-refractivity contribution in [2.45, 2.75) is 87.5 Å². The lowest BCUT2D eigenvalue weighted by Crippen LogP contribution is -2.46. The fraction of sp³-hybridized carbons (Fsp3) is 0.645. The van der Waals surface area contributed by atoms with Crippen LogP contribution in [0.2, 0.25) is 0 Å². The lowest BCUT2D eigenvalue weighted by molar-refractivity contribution is -0.318. The molecule has 4 saturated carbocycles. The zero-order chi connectivity index (χ0) is 25.5. The highest BCUT2D eigenvalue weighted by atomic mass is 32.2. The summed E-state index contributed by atoms with van der Waals surface area (Å²) < 4.78 is 0. The molecule has 0 radical (unpaired) electrons. The van der Waals surface area contributed by atoms with E-state index < -0.39 is 0 Å². The van der Waals surface area contributed by atoms with Crippen molar-refractivity contribution in [2.75, 3.05) is 0 Å². The number of hydrogen-bond acceptors (Lipinski definition) is 6. The summed E-state index contributed by atoms with van der Waals surface area (Å²) >= 11 is 2.79. The molecule has 6 aliphatic rings. The van der Waals surface area contributed by atoms with Gasteiger partial charge in [-0.25, -0.2) is 0 Å². The molecule has 1 saturated heterocycles. The zero-order valence-electron chi connectivity index (χ0n) is 21.4. The second-order valence-electron chi connectivity index (χ2n) is 12.0. The maximum Gasteiger partial charge on any atom is 0.223 e. The van der Waals surface area contributed by atoms with Crippen LogP contribution < -0.4 is 5.11 Å². The number of ketones is 1. The van der Waals surface area contributed by atoms with Crippen molar-refractivity contribution in [3.8, 4) is 0 Å². The number of Topliss-reactive ketones (excluding diaryl/α,β-unsaturated/α-hetero) is 1. The molecule has 8 unspecified atom stereocenters. The topological polar surface area (TPSA) is 74.3 Å². The van der Waals surface area contributed by atoms with E-state index in [1.54, 1.807) is 30.4 Å². The van der Waals surface area contributed by atoms with Crippen molar-refractivity contribution in [2.24, 2.45) is 35.5 Å². The van der Waals surface area contributed by atoms with Crippen molar-refractivity contribution >= 4 is 39.5 Å². The first-order valence-electron chi connectivity index (χ1n) is 14.5. The maximum atomic E-state index is 13.2. The summed E-state index contributed by atoms with van der Waals surface area (Å²) in [4.78, 5) is 39.0. The number of thioether (sulfide) groups is 2. The van der Waals surface area contributed by atoms with Crippen molar-refractivity contribution < 1.29 is 19.5 Å². The smallest absolute Gasteiger partial charge is 0.223 e. The van der Waals surface area contributed by atoms with E-state index in [1.165, 1.54) is 62.0 Å². The fourth-order valence-corrected chi connectivity index (χ4v) is 11.3. The monoisotopic (exact) mass is 537 g/mol. The molecule has 5 fully saturated rings. The highest BCUT2D eigenvalue weighted by molar-refractivity contribution is 8.15. The van der Waals surface area contributed by atoms with Gasteiger partial charge in [0.25, 0.3) is 0 Å². The van der Waals surface area contributed by atoms with Crippen LogP contribution in [0, 0.1) is 35.5 Å². The van der Waals surface area contributed by atoms with Gasteiger partial charge in [0.1, 0.15) is 0 Å². The largest absolute Gasteiger partial charge is 0.875 e. The van der Waals surface area contributed by atoms with E-state index in [0.29, 0.717) is 34.8 Å². The summed E-state index contributed by atoms with van der Waals surface area (Å²) in [6, 6.07) is 0. The Hall–Kier alpha value is -1.53. The molecule has 37 heavy (non-hydrogen) atoms. The Morgan fingerprint density at radius 2 is 1.24 bits per heavy atom.